The Morgan fingerprint density at radius 2 is 2.12 bits per heavy atom. The Balaban J connectivity index is 2.30. The predicted molar refractivity (Wildman–Crippen MR) is 71.7 cm³/mol. The zero-order valence-electron chi connectivity index (χ0n) is 11.1. The maximum Gasteiger partial charge on any atom is 0.168 e. The third-order valence-electron chi connectivity index (χ3n) is 2.83. The van der Waals surface area contributed by atoms with Crippen LogP contribution in [-0.4, -0.2) is 43.2 Å². The van der Waals surface area contributed by atoms with Gasteiger partial charge in [-0.25, -0.2) is 4.98 Å². The highest BCUT2D eigenvalue weighted by atomic mass is 16.5. The van der Waals surface area contributed by atoms with Crippen LogP contribution in [0.25, 0.3) is 0 Å². The molecule has 0 unspecified atom stereocenters. The summed E-state index contributed by atoms with van der Waals surface area (Å²) < 4.78 is 5.23. The van der Waals surface area contributed by atoms with Crippen molar-refractivity contribution in [3.8, 4) is 5.75 Å². The van der Waals surface area contributed by atoms with Crippen LogP contribution < -0.4 is 10.1 Å². The molecule has 17 heavy (non-hydrogen) atoms. The number of aromatic nitrogens is 1. The van der Waals surface area contributed by atoms with Crippen molar-refractivity contribution < 1.29 is 4.74 Å². The molecular weight excluding hydrogens is 214 g/mol. The van der Waals surface area contributed by atoms with Crippen LogP contribution in [0.3, 0.4) is 0 Å². The molecule has 0 atom stereocenters. The SMILES string of the molecule is CCN(CC)CCCNc1ncccc1OC. The molecule has 1 rings (SSSR count). The van der Waals surface area contributed by atoms with Crippen molar-refractivity contribution >= 4 is 5.82 Å². The molecule has 1 N–H and O–H groups in total. The molecule has 4 heteroatoms. The summed E-state index contributed by atoms with van der Waals surface area (Å²) in [7, 11) is 1.66. The Kier molecular flexibility index (Phi) is 6.40. The summed E-state index contributed by atoms with van der Waals surface area (Å²) in [6.07, 6.45) is 2.89. The number of ether oxygens (including phenoxy) is 1. The second kappa shape index (κ2) is 7.90. The van der Waals surface area contributed by atoms with Gasteiger partial charge in [0.25, 0.3) is 0 Å². The molecule has 0 aromatic carbocycles. The molecule has 1 aromatic heterocycles. The number of hydrogen-bond acceptors (Lipinski definition) is 4. The van der Waals surface area contributed by atoms with Crippen molar-refractivity contribution in [2.45, 2.75) is 20.3 Å². The van der Waals surface area contributed by atoms with E-state index < -0.39 is 0 Å². The van der Waals surface area contributed by atoms with Gasteiger partial charge in [-0.15, -0.1) is 0 Å². The van der Waals surface area contributed by atoms with E-state index in [2.05, 4.69) is 29.0 Å². The average molecular weight is 237 g/mol. The van der Waals surface area contributed by atoms with E-state index >= 15 is 0 Å². The second-order valence-corrected chi connectivity index (χ2v) is 3.86. The lowest BCUT2D eigenvalue weighted by Gasteiger charge is -2.18. The minimum Gasteiger partial charge on any atom is -0.493 e. The zero-order valence-corrected chi connectivity index (χ0v) is 11.1. The van der Waals surface area contributed by atoms with E-state index in [1.54, 1.807) is 13.3 Å². The Morgan fingerprint density at radius 3 is 2.76 bits per heavy atom. The number of pyridine rings is 1. The molecule has 0 bridgehead atoms. The van der Waals surface area contributed by atoms with Gasteiger partial charge in [-0.3, -0.25) is 0 Å². The first-order valence-corrected chi connectivity index (χ1v) is 6.27. The van der Waals surface area contributed by atoms with Crippen molar-refractivity contribution in [1.29, 1.82) is 0 Å². The van der Waals surface area contributed by atoms with E-state index in [1.807, 2.05) is 12.1 Å². The van der Waals surface area contributed by atoms with E-state index in [1.165, 1.54) is 0 Å². The average Bonchev–Trinajstić information content (AvgIpc) is 2.39. The molecular formula is C13H23N3O. The van der Waals surface area contributed by atoms with Gasteiger partial charge in [0, 0.05) is 12.7 Å². The lowest BCUT2D eigenvalue weighted by atomic mass is 10.3. The van der Waals surface area contributed by atoms with Gasteiger partial charge in [0.1, 0.15) is 0 Å². The third kappa shape index (κ3) is 4.61. The number of nitrogens with one attached hydrogen (secondary N) is 1. The molecule has 0 aliphatic rings. The van der Waals surface area contributed by atoms with Crippen LogP contribution in [0.2, 0.25) is 0 Å². The van der Waals surface area contributed by atoms with Crippen molar-refractivity contribution in [1.82, 2.24) is 9.88 Å². The molecule has 0 aliphatic heterocycles. The molecule has 0 spiro atoms. The Bertz CT molecular complexity index is 313. The molecule has 0 fully saturated rings. The van der Waals surface area contributed by atoms with Crippen molar-refractivity contribution in [3.63, 3.8) is 0 Å². The zero-order chi connectivity index (χ0) is 12.5. The number of hydrogen-bond donors (Lipinski definition) is 1. The van der Waals surface area contributed by atoms with Crippen LogP contribution in [0.4, 0.5) is 5.82 Å². The van der Waals surface area contributed by atoms with Crippen molar-refractivity contribution in [2.75, 3.05) is 38.6 Å². The van der Waals surface area contributed by atoms with Gasteiger partial charge < -0.3 is 15.0 Å². The Hall–Kier alpha value is -1.29. The summed E-state index contributed by atoms with van der Waals surface area (Å²) in [6.45, 7) is 8.66. The summed E-state index contributed by atoms with van der Waals surface area (Å²) in [6, 6.07) is 3.79. The predicted octanol–water partition coefficient (Wildman–Crippen LogP) is 2.23. The highest BCUT2D eigenvalue weighted by Gasteiger charge is 2.02. The summed E-state index contributed by atoms with van der Waals surface area (Å²) in [4.78, 5) is 6.67. The summed E-state index contributed by atoms with van der Waals surface area (Å²) in [5.74, 6) is 1.63. The van der Waals surface area contributed by atoms with Crippen molar-refractivity contribution in [3.05, 3.63) is 18.3 Å². The maximum absolute atomic E-state index is 5.23. The largest absolute Gasteiger partial charge is 0.493 e. The monoisotopic (exact) mass is 237 g/mol. The van der Waals surface area contributed by atoms with E-state index in [0.717, 1.165) is 44.2 Å². The first-order chi connectivity index (χ1) is 8.31. The fraction of sp³-hybridized carbons (Fsp3) is 0.615. The standard InChI is InChI=1S/C13H23N3O/c1-4-16(5-2)11-7-10-15-13-12(17-3)8-6-9-14-13/h6,8-9H,4-5,7,10-11H2,1-3H3,(H,14,15). The molecule has 0 aliphatic carbocycles. The van der Waals surface area contributed by atoms with Gasteiger partial charge in [0.05, 0.1) is 7.11 Å². The molecule has 1 heterocycles. The van der Waals surface area contributed by atoms with Gasteiger partial charge in [0.15, 0.2) is 11.6 Å². The van der Waals surface area contributed by atoms with Gasteiger partial charge in [-0.05, 0) is 38.2 Å². The topological polar surface area (TPSA) is 37.4 Å². The van der Waals surface area contributed by atoms with E-state index in [-0.39, 0.29) is 0 Å². The van der Waals surface area contributed by atoms with Crippen LogP contribution in [0.5, 0.6) is 5.75 Å². The lowest BCUT2D eigenvalue weighted by Crippen LogP contribution is -2.25. The van der Waals surface area contributed by atoms with E-state index in [0.29, 0.717) is 0 Å². The summed E-state index contributed by atoms with van der Waals surface area (Å²) in [5.41, 5.74) is 0. The molecule has 1 aromatic rings. The van der Waals surface area contributed by atoms with Crippen LogP contribution in [-0.2, 0) is 0 Å². The molecule has 96 valence electrons. The number of nitrogens with zero attached hydrogens (tertiary/aromatic N) is 2. The number of methoxy groups -OCH3 is 1. The van der Waals surface area contributed by atoms with Crippen molar-refractivity contribution in [2.24, 2.45) is 0 Å². The van der Waals surface area contributed by atoms with Crippen LogP contribution in [0.1, 0.15) is 20.3 Å². The first kappa shape index (κ1) is 13.8. The molecule has 4 nitrogen and oxygen atoms in total. The fourth-order valence-electron chi connectivity index (χ4n) is 1.74. The van der Waals surface area contributed by atoms with Gasteiger partial charge in [0.2, 0.25) is 0 Å². The van der Waals surface area contributed by atoms with Crippen LogP contribution >= 0.6 is 0 Å². The number of rotatable bonds is 8. The van der Waals surface area contributed by atoms with Gasteiger partial charge in [-0.1, -0.05) is 13.8 Å². The van der Waals surface area contributed by atoms with E-state index in [9.17, 15) is 0 Å². The molecule has 0 amide bonds. The third-order valence-corrected chi connectivity index (χ3v) is 2.83. The molecule has 0 saturated heterocycles. The first-order valence-electron chi connectivity index (χ1n) is 6.27. The Morgan fingerprint density at radius 1 is 1.35 bits per heavy atom. The highest BCUT2D eigenvalue weighted by molar-refractivity contribution is 5.49. The minimum absolute atomic E-state index is 0.801. The summed E-state index contributed by atoms with van der Waals surface area (Å²) in [5, 5.41) is 3.30. The Labute approximate surface area is 104 Å². The van der Waals surface area contributed by atoms with Gasteiger partial charge >= 0.3 is 0 Å². The molecule has 0 radical (unpaired) electrons. The quantitative estimate of drug-likeness (QED) is 0.704. The minimum atomic E-state index is 0.801. The van der Waals surface area contributed by atoms with Gasteiger partial charge in [-0.2, -0.15) is 0 Å². The second-order valence-electron chi connectivity index (χ2n) is 3.86. The maximum atomic E-state index is 5.23. The normalized spacial score (nSPS) is 10.6. The van der Waals surface area contributed by atoms with Crippen LogP contribution in [0.15, 0.2) is 18.3 Å². The fourth-order valence-corrected chi connectivity index (χ4v) is 1.74. The smallest absolute Gasteiger partial charge is 0.168 e. The highest BCUT2D eigenvalue weighted by Crippen LogP contribution is 2.19. The lowest BCUT2D eigenvalue weighted by molar-refractivity contribution is 0.303. The van der Waals surface area contributed by atoms with E-state index in [4.69, 9.17) is 4.74 Å². The summed E-state index contributed by atoms with van der Waals surface area (Å²) >= 11 is 0. The molecule has 0 saturated carbocycles. The number of anilines is 1. The van der Waals surface area contributed by atoms with Crippen LogP contribution in [0, 0.1) is 0 Å².